The molecule has 90 valence electrons. The number of nitrogens with zero attached hydrogens (tertiary/aromatic N) is 2. The molecule has 1 atom stereocenters. The molecule has 3 nitrogen and oxygen atoms in total. The Balaban J connectivity index is 2.40. The van der Waals surface area contributed by atoms with Crippen LogP contribution in [0.2, 0.25) is 5.02 Å². The van der Waals surface area contributed by atoms with Crippen LogP contribution in [0.5, 0.6) is 0 Å². The van der Waals surface area contributed by atoms with Gasteiger partial charge in [-0.05, 0) is 31.6 Å². The maximum atomic E-state index is 10.7. The highest BCUT2D eigenvalue weighted by Crippen LogP contribution is 2.50. The third kappa shape index (κ3) is 1.87. The molecule has 1 aromatic rings. The number of aliphatic hydroxyl groups is 1. The van der Waals surface area contributed by atoms with Gasteiger partial charge in [-0.25, -0.2) is 0 Å². The lowest BCUT2D eigenvalue weighted by Crippen LogP contribution is -2.27. The van der Waals surface area contributed by atoms with Gasteiger partial charge in [0, 0.05) is 6.54 Å². The summed E-state index contributed by atoms with van der Waals surface area (Å²) < 4.78 is 1.81. The maximum Gasteiger partial charge on any atom is 0.108 e. The molecular formula is C12H19ClN2O. The van der Waals surface area contributed by atoms with Gasteiger partial charge < -0.3 is 5.11 Å². The zero-order valence-corrected chi connectivity index (χ0v) is 10.9. The van der Waals surface area contributed by atoms with Gasteiger partial charge in [-0.3, -0.25) is 4.68 Å². The summed E-state index contributed by atoms with van der Waals surface area (Å²) in [5.41, 5.74) is 0.177. The Morgan fingerprint density at radius 2 is 2.19 bits per heavy atom. The summed E-state index contributed by atoms with van der Waals surface area (Å²) in [7, 11) is 0. The van der Waals surface area contributed by atoms with Crippen molar-refractivity contribution in [3.8, 4) is 0 Å². The molecule has 1 aliphatic rings. The highest BCUT2D eigenvalue weighted by molar-refractivity contribution is 6.31. The van der Waals surface area contributed by atoms with E-state index >= 15 is 0 Å². The fourth-order valence-corrected chi connectivity index (χ4v) is 3.10. The van der Waals surface area contributed by atoms with E-state index in [1.165, 1.54) is 0 Å². The van der Waals surface area contributed by atoms with E-state index in [-0.39, 0.29) is 5.41 Å². The van der Waals surface area contributed by atoms with Crippen LogP contribution < -0.4 is 0 Å². The van der Waals surface area contributed by atoms with Gasteiger partial charge in [-0.2, -0.15) is 5.10 Å². The Labute approximate surface area is 101 Å². The van der Waals surface area contributed by atoms with E-state index in [0.717, 1.165) is 31.5 Å². The first-order valence-electron chi connectivity index (χ1n) is 5.82. The first-order valence-corrected chi connectivity index (χ1v) is 6.20. The highest BCUT2D eigenvalue weighted by atomic mass is 35.5. The van der Waals surface area contributed by atoms with Crippen LogP contribution in [-0.4, -0.2) is 14.9 Å². The standard InChI is InChI=1S/C12H19ClN2O/c1-4-15-10(9(13)7-14-15)12(16)6-5-11(2,3)8-12/h7,16H,4-6,8H2,1-3H3. The highest BCUT2D eigenvalue weighted by Gasteiger charge is 2.45. The monoisotopic (exact) mass is 242 g/mol. The van der Waals surface area contributed by atoms with Crippen LogP contribution in [0, 0.1) is 5.41 Å². The molecule has 0 aromatic carbocycles. The molecule has 1 heterocycles. The second kappa shape index (κ2) is 3.74. The molecule has 1 fully saturated rings. The van der Waals surface area contributed by atoms with Crippen LogP contribution in [0.3, 0.4) is 0 Å². The number of halogens is 1. The number of hydrogen-bond donors (Lipinski definition) is 1. The van der Waals surface area contributed by atoms with Crippen molar-refractivity contribution in [1.29, 1.82) is 0 Å². The van der Waals surface area contributed by atoms with Crippen molar-refractivity contribution < 1.29 is 5.11 Å². The minimum atomic E-state index is -0.799. The summed E-state index contributed by atoms with van der Waals surface area (Å²) in [6, 6.07) is 0. The summed E-state index contributed by atoms with van der Waals surface area (Å²) in [5.74, 6) is 0. The van der Waals surface area contributed by atoms with Crippen LogP contribution in [0.4, 0.5) is 0 Å². The number of rotatable bonds is 2. The molecule has 0 saturated heterocycles. The van der Waals surface area contributed by atoms with Gasteiger partial charge in [-0.15, -0.1) is 0 Å². The SMILES string of the molecule is CCn1ncc(Cl)c1C1(O)CCC(C)(C)C1. The lowest BCUT2D eigenvalue weighted by molar-refractivity contribution is 0.0250. The Bertz CT molecular complexity index is 400. The third-order valence-electron chi connectivity index (χ3n) is 3.52. The third-order valence-corrected chi connectivity index (χ3v) is 3.80. The zero-order chi connectivity index (χ0) is 12.0. The van der Waals surface area contributed by atoms with Crippen molar-refractivity contribution >= 4 is 11.6 Å². The molecule has 0 bridgehead atoms. The molecule has 4 heteroatoms. The predicted octanol–water partition coefficient (Wildman–Crippen LogP) is 2.95. The van der Waals surface area contributed by atoms with E-state index in [4.69, 9.17) is 11.6 Å². The molecule has 1 aromatic heterocycles. The minimum absolute atomic E-state index is 0.181. The maximum absolute atomic E-state index is 10.7. The fraction of sp³-hybridized carbons (Fsp3) is 0.750. The van der Waals surface area contributed by atoms with Gasteiger partial charge in [0.05, 0.1) is 16.9 Å². The normalized spacial score (nSPS) is 28.6. The van der Waals surface area contributed by atoms with Crippen molar-refractivity contribution in [3.05, 3.63) is 16.9 Å². The molecule has 0 amide bonds. The van der Waals surface area contributed by atoms with Gasteiger partial charge in [0.1, 0.15) is 5.60 Å². The molecule has 1 saturated carbocycles. The van der Waals surface area contributed by atoms with Gasteiger partial charge in [0.25, 0.3) is 0 Å². The molecule has 1 aliphatic carbocycles. The first kappa shape index (κ1) is 11.9. The topological polar surface area (TPSA) is 38.0 Å². The molecule has 0 radical (unpaired) electrons. The Kier molecular flexibility index (Phi) is 2.79. The van der Waals surface area contributed by atoms with Crippen LogP contribution in [-0.2, 0) is 12.1 Å². The Morgan fingerprint density at radius 1 is 1.50 bits per heavy atom. The van der Waals surface area contributed by atoms with E-state index in [9.17, 15) is 5.11 Å². The smallest absolute Gasteiger partial charge is 0.108 e. The molecule has 16 heavy (non-hydrogen) atoms. The summed E-state index contributed by atoms with van der Waals surface area (Å²) >= 11 is 6.14. The van der Waals surface area contributed by atoms with Crippen molar-refractivity contribution in [3.63, 3.8) is 0 Å². The average Bonchev–Trinajstić information content (AvgIpc) is 2.68. The summed E-state index contributed by atoms with van der Waals surface area (Å²) in [5, 5.41) is 15.5. The van der Waals surface area contributed by atoms with E-state index in [1.807, 2.05) is 11.6 Å². The fourth-order valence-electron chi connectivity index (χ4n) is 2.78. The van der Waals surface area contributed by atoms with E-state index < -0.39 is 5.60 Å². The number of hydrogen-bond acceptors (Lipinski definition) is 2. The lowest BCUT2D eigenvalue weighted by atomic mass is 9.88. The molecular weight excluding hydrogens is 224 g/mol. The summed E-state index contributed by atoms with van der Waals surface area (Å²) in [6.45, 7) is 7.12. The Morgan fingerprint density at radius 3 is 2.69 bits per heavy atom. The van der Waals surface area contributed by atoms with Gasteiger partial charge in [0.2, 0.25) is 0 Å². The number of aryl methyl sites for hydroxylation is 1. The van der Waals surface area contributed by atoms with Crippen molar-refractivity contribution in [2.75, 3.05) is 0 Å². The summed E-state index contributed by atoms with van der Waals surface area (Å²) in [4.78, 5) is 0. The molecule has 1 N–H and O–H groups in total. The zero-order valence-electron chi connectivity index (χ0n) is 10.1. The van der Waals surface area contributed by atoms with Gasteiger partial charge in [-0.1, -0.05) is 25.4 Å². The molecule has 0 aliphatic heterocycles. The second-order valence-electron chi connectivity index (χ2n) is 5.53. The van der Waals surface area contributed by atoms with Gasteiger partial charge in [0.15, 0.2) is 0 Å². The summed E-state index contributed by atoms with van der Waals surface area (Å²) in [6.07, 6.45) is 4.18. The minimum Gasteiger partial charge on any atom is -0.383 e. The van der Waals surface area contributed by atoms with E-state index in [1.54, 1.807) is 6.20 Å². The van der Waals surface area contributed by atoms with Crippen molar-refractivity contribution in [2.24, 2.45) is 5.41 Å². The molecule has 2 rings (SSSR count). The predicted molar refractivity (Wildman–Crippen MR) is 64.4 cm³/mol. The van der Waals surface area contributed by atoms with E-state index in [0.29, 0.717) is 5.02 Å². The van der Waals surface area contributed by atoms with Crippen molar-refractivity contribution in [2.45, 2.75) is 52.2 Å². The second-order valence-corrected chi connectivity index (χ2v) is 5.94. The van der Waals surface area contributed by atoms with Crippen LogP contribution in [0.1, 0.15) is 45.7 Å². The first-order chi connectivity index (χ1) is 7.38. The van der Waals surface area contributed by atoms with Crippen molar-refractivity contribution in [1.82, 2.24) is 9.78 Å². The quantitative estimate of drug-likeness (QED) is 0.866. The van der Waals surface area contributed by atoms with E-state index in [2.05, 4.69) is 18.9 Å². The van der Waals surface area contributed by atoms with Crippen LogP contribution in [0.25, 0.3) is 0 Å². The Hall–Kier alpha value is -0.540. The average molecular weight is 243 g/mol. The molecule has 0 spiro atoms. The van der Waals surface area contributed by atoms with Crippen LogP contribution in [0.15, 0.2) is 6.20 Å². The number of aromatic nitrogens is 2. The largest absolute Gasteiger partial charge is 0.383 e. The van der Waals surface area contributed by atoms with Gasteiger partial charge >= 0.3 is 0 Å². The van der Waals surface area contributed by atoms with Crippen LogP contribution >= 0.6 is 11.6 Å². The molecule has 1 unspecified atom stereocenters. The lowest BCUT2D eigenvalue weighted by Gasteiger charge is -2.26.